The number of Topliss-reactive ketones (excluding diaryl/α,β-unsaturated/α-hetero) is 1. The summed E-state index contributed by atoms with van der Waals surface area (Å²) in [5, 5.41) is 10.9. The van der Waals surface area contributed by atoms with E-state index in [9.17, 15) is 14.9 Å². The summed E-state index contributed by atoms with van der Waals surface area (Å²) in [6, 6.07) is 15.8. The fraction of sp³-hybridized carbons (Fsp3) is 0.0952. The van der Waals surface area contributed by atoms with Crippen molar-refractivity contribution in [3.63, 3.8) is 0 Å². The summed E-state index contributed by atoms with van der Waals surface area (Å²) in [6.07, 6.45) is 3.28. The Balaban J connectivity index is 1.63. The molecule has 5 nitrogen and oxygen atoms in total. The molecule has 0 bridgehead atoms. The van der Waals surface area contributed by atoms with Gasteiger partial charge in [-0.2, -0.15) is 0 Å². The first kappa shape index (κ1) is 17.4. The van der Waals surface area contributed by atoms with Crippen LogP contribution in [0.25, 0.3) is 17.4 Å². The van der Waals surface area contributed by atoms with Crippen molar-refractivity contribution >= 4 is 33.5 Å². The van der Waals surface area contributed by atoms with Gasteiger partial charge in [0, 0.05) is 33.3 Å². The lowest BCUT2D eigenvalue weighted by molar-refractivity contribution is -0.384. The van der Waals surface area contributed by atoms with Gasteiger partial charge in [-0.3, -0.25) is 14.9 Å². The highest BCUT2D eigenvalue weighted by Crippen LogP contribution is 2.33. The second kappa shape index (κ2) is 6.96. The Labute approximate surface area is 163 Å². The zero-order valence-electron chi connectivity index (χ0n) is 14.1. The summed E-state index contributed by atoms with van der Waals surface area (Å²) in [4.78, 5) is 23.1. The highest BCUT2D eigenvalue weighted by molar-refractivity contribution is 9.10. The molecular weight excluding hydrogens is 410 g/mol. The Morgan fingerprint density at radius 3 is 2.63 bits per heavy atom. The van der Waals surface area contributed by atoms with Crippen LogP contribution in [0.3, 0.4) is 0 Å². The predicted octanol–water partition coefficient (Wildman–Crippen LogP) is 5.83. The van der Waals surface area contributed by atoms with Gasteiger partial charge in [0.25, 0.3) is 5.69 Å². The van der Waals surface area contributed by atoms with Crippen LogP contribution in [0, 0.1) is 10.1 Å². The molecule has 0 saturated heterocycles. The number of hydrogen-bond donors (Lipinski definition) is 0. The summed E-state index contributed by atoms with van der Waals surface area (Å²) in [5.74, 6) is 1.19. The summed E-state index contributed by atoms with van der Waals surface area (Å²) < 4.78 is 6.44. The third kappa shape index (κ3) is 3.36. The standard InChI is InChI=1S/C21H14BrNO4/c22-19-12-15(23(25)26)7-9-18(19)20-10-8-16(27-20)11-14-6-5-13-3-1-2-4-17(13)21(14)24/h1-4,7-12H,5-6H2/b14-11+. The first-order chi connectivity index (χ1) is 13.0. The van der Waals surface area contributed by atoms with Gasteiger partial charge in [-0.05, 0) is 58.6 Å². The average Bonchev–Trinajstić information content (AvgIpc) is 3.12. The molecule has 2 aromatic carbocycles. The molecule has 0 aliphatic heterocycles. The molecule has 1 heterocycles. The normalized spacial score (nSPS) is 15.0. The van der Waals surface area contributed by atoms with Crippen LogP contribution in [-0.2, 0) is 6.42 Å². The molecule has 0 saturated carbocycles. The number of ketones is 1. The van der Waals surface area contributed by atoms with Gasteiger partial charge in [-0.1, -0.05) is 24.3 Å². The molecular formula is C21H14BrNO4. The van der Waals surface area contributed by atoms with E-state index in [-0.39, 0.29) is 11.5 Å². The van der Waals surface area contributed by atoms with E-state index in [1.54, 1.807) is 24.3 Å². The molecule has 27 heavy (non-hydrogen) atoms. The van der Waals surface area contributed by atoms with Crippen molar-refractivity contribution in [1.29, 1.82) is 0 Å². The van der Waals surface area contributed by atoms with Crippen molar-refractivity contribution in [1.82, 2.24) is 0 Å². The maximum atomic E-state index is 12.7. The maximum Gasteiger partial charge on any atom is 0.270 e. The number of benzene rings is 2. The van der Waals surface area contributed by atoms with Gasteiger partial charge in [0.2, 0.25) is 0 Å². The minimum atomic E-state index is -0.445. The minimum absolute atomic E-state index is 0.00555. The second-order valence-corrected chi connectivity index (χ2v) is 7.13. The molecule has 6 heteroatoms. The van der Waals surface area contributed by atoms with Gasteiger partial charge in [0.05, 0.1) is 4.92 Å². The molecule has 0 N–H and O–H groups in total. The Hall–Kier alpha value is -2.99. The SMILES string of the molecule is O=C1/C(=C/c2ccc(-c3ccc([N+](=O)[O-])cc3Br)o2)CCc2ccccc21. The number of carbonyl (C=O) groups excluding carboxylic acids is 1. The number of nitro groups is 1. The first-order valence-corrected chi connectivity index (χ1v) is 9.19. The zero-order chi connectivity index (χ0) is 19.0. The van der Waals surface area contributed by atoms with Gasteiger partial charge >= 0.3 is 0 Å². The van der Waals surface area contributed by atoms with Crippen LogP contribution < -0.4 is 0 Å². The van der Waals surface area contributed by atoms with Crippen LogP contribution in [0.15, 0.2) is 69.1 Å². The highest BCUT2D eigenvalue weighted by Gasteiger charge is 2.22. The van der Waals surface area contributed by atoms with E-state index < -0.39 is 4.92 Å². The second-order valence-electron chi connectivity index (χ2n) is 6.28. The average molecular weight is 424 g/mol. The van der Waals surface area contributed by atoms with Gasteiger partial charge in [0.15, 0.2) is 5.78 Å². The van der Waals surface area contributed by atoms with E-state index >= 15 is 0 Å². The lowest BCUT2D eigenvalue weighted by Gasteiger charge is -2.16. The summed E-state index contributed by atoms with van der Waals surface area (Å²) in [5.41, 5.74) is 3.27. The number of allylic oxidation sites excluding steroid dienone is 1. The van der Waals surface area contributed by atoms with Crippen molar-refractivity contribution in [2.75, 3.05) is 0 Å². The molecule has 0 amide bonds. The predicted molar refractivity (Wildman–Crippen MR) is 106 cm³/mol. The lowest BCUT2D eigenvalue weighted by atomic mass is 9.86. The number of rotatable bonds is 3. The quantitative estimate of drug-likeness (QED) is 0.301. The van der Waals surface area contributed by atoms with Crippen LogP contribution in [0.5, 0.6) is 0 Å². The van der Waals surface area contributed by atoms with E-state index in [2.05, 4.69) is 15.9 Å². The Morgan fingerprint density at radius 1 is 1.04 bits per heavy atom. The van der Waals surface area contributed by atoms with Crippen molar-refractivity contribution in [2.45, 2.75) is 12.8 Å². The van der Waals surface area contributed by atoms with Crippen molar-refractivity contribution < 1.29 is 14.1 Å². The molecule has 0 fully saturated rings. The Bertz CT molecular complexity index is 1100. The molecule has 1 aliphatic carbocycles. The van der Waals surface area contributed by atoms with Gasteiger partial charge < -0.3 is 4.42 Å². The van der Waals surface area contributed by atoms with Crippen molar-refractivity contribution in [2.24, 2.45) is 0 Å². The summed E-state index contributed by atoms with van der Waals surface area (Å²) in [6.45, 7) is 0. The monoisotopic (exact) mass is 423 g/mol. The fourth-order valence-electron chi connectivity index (χ4n) is 3.22. The van der Waals surface area contributed by atoms with Crippen LogP contribution in [0.1, 0.15) is 28.1 Å². The Kier molecular flexibility index (Phi) is 4.49. The van der Waals surface area contributed by atoms with E-state index in [4.69, 9.17) is 4.42 Å². The Morgan fingerprint density at radius 2 is 1.85 bits per heavy atom. The number of hydrogen-bond acceptors (Lipinski definition) is 4. The number of aryl methyl sites for hydroxylation is 1. The van der Waals surface area contributed by atoms with Crippen molar-refractivity contribution in [3.8, 4) is 11.3 Å². The first-order valence-electron chi connectivity index (χ1n) is 8.40. The number of nitrogens with zero attached hydrogens (tertiary/aromatic N) is 1. The number of carbonyl (C=O) groups is 1. The van der Waals surface area contributed by atoms with Gasteiger partial charge in [-0.15, -0.1) is 0 Å². The highest BCUT2D eigenvalue weighted by atomic mass is 79.9. The number of nitro benzene ring substituents is 1. The van der Waals surface area contributed by atoms with E-state index in [1.165, 1.54) is 12.1 Å². The van der Waals surface area contributed by atoms with E-state index in [1.807, 2.05) is 24.3 Å². The molecule has 0 atom stereocenters. The van der Waals surface area contributed by atoms with Crippen LogP contribution in [-0.4, -0.2) is 10.7 Å². The van der Waals surface area contributed by atoms with Crippen molar-refractivity contribution in [3.05, 3.63) is 91.6 Å². The molecule has 134 valence electrons. The molecule has 3 aromatic rings. The van der Waals surface area contributed by atoms with E-state index in [0.717, 1.165) is 23.1 Å². The summed E-state index contributed by atoms with van der Waals surface area (Å²) >= 11 is 3.35. The molecule has 1 aliphatic rings. The largest absolute Gasteiger partial charge is 0.457 e. The summed E-state index contributed by atoms with van der Waals surface area (Å²) in [7, 11) is 0. The van der Waals surface area contributed by atoms with Gasteiger partial charge in [-0.25, -0.2) is 0 Å². The van der Waals surface area contributed by atoms with Crippen LogP contribution >= 0.6 is 15.9 Å². The third-order valence-corrected chi connectivity index (χ3v) is 5.25. The minimum Gasteiger partial charge on any atom is -0.457 e. The van der Waals surface area contributed by atoms with E-state index in [0.29, 0.717) is 28.0 Å². The third-order valence-electron chi connectivity index (χ3n) is 4.59. The zero-order valence-corrected chi connectivity index (χ0v) is 15.7. The smallest absolute Gasteiger partial charge is 0.270 e. The van der Waals surface area contributed by atoms with Crippen LogP contribution in [0.2, 0.25) is 0 Å². The molecule has 0 spiro atoms. The topological polar surface area (TPSA) is 73.3 Å². The molecule has 0 unspecified atom stereocenters. The molecule has 4 rings (SSSR count). The van der Waals surface area contributed by atoms with Gasteiger partial charge in [0.1, 0.15) is 11.5 Å². The number of furan rings is 1. The number of halogens is 1. The number of non-ortho nitro benzene ring substituents is 1. The lowest BCUT2D eigenvalue weighted by Crippen LogP contribution is -2.13. The fourth-order valence-corrected chi connectivity index (χ4v) is 3.78. The maximum absolute atomic E-state index is 12.7. The van der Waals surface area contributed by atoms with Crippen LogP contribution in [0.4, 0.5) is 5.69 Å². The molecule has 1 aromatic heterocycles. The molecule has 0 radical (unpaired) electrons. The number of fused-ring (bicyclic) bond motifs is 1.